The minimum absolute atomic E-state index is 0.0228. The van der Waals surface area contributed by atoms with Gasteiger partial charge >= 0.3 is 0 Å². The molecule has 30 heavy (non-hydrogen) atoms. The third-order valence-electron chi connectivity index (χ3n) is 6.81. The number of primary amides is 1. The molecular formula is C23H32N6O. The zero-order valence-corrected chi connectivity index (χ0v) is 17.7. The maximum absolute atomic E-state index is 11.7. The van der Waals surface area contributed by atoms with Gasteiger partial charge in [-0.3, -0.25) is 9.36 Å². The van der Waals surface area contributed by atoms with E-state index in [1.165, 1.54) is 44.9 Å². The number of fused-ring (bicyclic) bond motifs is 1. The van der Waals surface area contributed by atoms with Gasteiger partial charge in [0, 0.05) is 25.2 Å². The van der Waals surface area contributed by atoms with Crippen LogP contribution in [0.15, 0.2) is 29.3 Å². The molecule has 1 amide bonds. The number of rotatable bonds is 4. The summed E-state index contributed by atoms with van der Waals surface area (Å²) in [6.45, 7) is 2.17. The Morgan fingerprint density at radius 1 is 1.00 bits per heavy atom. The molecule has 0 bridgehead atoms. The summed E-state index contributed by atoms with van der Waals surface area (Å²) in [5, 5.41) is 9.32. The summed E-state index contributed by atoms with van der Waals surface area (Å²) in [7, 11) is 0. The number of imidazole rings is 1. The molecule has 0 atom stereocenters. The molecule has 0 unspecified atom stereocenters. The van der Waals surface area contributed by atoms with Gasteiger partial charge in [-0.2, -0.15) is 5.26 Å². The number of para-hydroxylation sites is 2. The molecule has 7 heteroatoms. The predicted octanol–water partition coefficient (Wildman–Crippen LogP) is 3.06. The number of benzene rings is 1. The van der Waals surface area contributed by atoms with Crippen molar-refractivity contribution in [2.24, 2.45) is 10.7 Å². The van der Waals surface area contributed by atoms with Crippen molar-refractivity contribution in [2.45, 2.75) is 76.4 Å². The Morgan fingerprint density at radius 3 is 2.27 bits per heavy atom. The van der Waals surface area contributed by atoms with Gasteiger partial charge in [0.2, 0.25) is 17.7 Å². The van der Waals surface area contributed by atoms with Crippen LogP contribution in [0.3, 0.4) is 0 Å². The molecule has 1 aromatic heterocycles. The fourth-order valence-electron chi connectivity index (χ4n) is 5.38. The van der Waals surface area contributed by atoms with Gasteiger partial charge in [-0.05, 0) is 37.8 Å². The Labute approximate surface area is 177 Å². The molecular weight excluding hydrogens is 376 g/mol. The normalized spacial score (nSPS) is 20.7. The highest BCUT2D eigenvalue weighted by molar-refractivity contribution is 5.80. The fraction of sp³-hybridized carbons (Fsp3) is 0.609. The van der Waals surface area contributed by atoms with Crippen LogP contribution in [0.1, 0.15) is 63.8 Å². The minimum Gasteiger partial charge on any atom is -0.368 e. The molecule has 2 N–H and O–H groups in total. The first-order valence-corrected chi connectivity index (χ1v) is 11.3. The highest BCUT2D eigenvalue weighted by atomic mass is 16.1. The van der Waals surface area contributed by atoms with Crippen molar-refractivity contribution in [3.05, 3.63) is 29.9 Å². The highest BCUT2D eigenvalue weighted by Crippen LogP contribution is 2.29. The monoisotopic (exact) mass is 408 g/mol. The summed E-state index contributed by atoms with van der Waals surface area (Å²) in [6.07, 6.45) is 13.5. The van der Waals surface area contributed by atoms with E-state index in [9.17, 15) is 10.1 Å². The van der Waals surface area contributed by atoms with E-state index in [4.69, 9.17) is 5.73 Å². The molecule has 2 aliphatic rings. The molecule has 0 radical (unpaired) electrons. The molecule has 7 nitrogen and oxygen atoms in total. The molecule has 1 saturated carbocycles. The van der Waals surface area contributed by atoms with Crippen molar-refractivity contribution >= 4 is 16.9 Å². The van der Waals surface area contributed by atoms with Crippen LogP contribution in [0.25, 0.3) is 11.0 Å². The van der Waals surface area contributed by atoms with Crippen LogP contribution in [0, 0.1) is 11.5 Å². The molecule has 1 aromatic carbocycles. The third-order valence-corrected chi connectivity index (χ3v) is 6.81. The Bertz CT molecular complexity index is 981. The molecule has 2 aromatic rings. The van der Waals surface area contributed by atoms with E-state index in [1.54, 1.807) is 4.57 Å². The van der Waals surface area contributed by atoms with E-state index in [0.29, 0.717) is 5.62 Å². The first kappa shape index (κ1) is 20.7. The van der Waals surface area contributed by atoms with Crippen molar-refractivity contribution in [3.8, 4) is 6.19 Å². The van der Waals surface area contributed by atoms with Crippen LogP contribution < -0.4 is 11.4 Å². The Morgan fingerprint density at radius 2 is 1.63 bits per heavy atom. The summed E-state index contributed by atoms with van der Waals surface area (Å²) in [5.74, 6) is -0.434. The number of nitriles is 1. The molecule has 160 valence electrons. The first-order chi connectivity index (χ1) is 14.7. The van der Waals surface area contributed by atoms with Crippen molar-refractivity contribution in [3.63, 3.8) is 0 Å². The zero-order valence-electron chi connectivity index (χ0n) is 17.7. The van der Waals surface area contributed by atoms with Gasteiger partial charge in [0.05, 0.1) is 11.0 Å². The number of nitrogens with zero attached hydrogens (tertiary/aromatic N) is 5. The maximum atomic E-state index is 11.7. The minimum atomic E-state index is -0.434. The molecule has 1 aliphatic heterocycles. The standard InChI is InChI=1S/C23H32N6O/c24-17-26-23-28(16-22(25)30)20-10-6-7-11-21(20)29(23)19-12-14-27(15-13-19)18-8-4-2-1-3-5-9-18/h6-7,10-11,18-19H,1-5,8-9,12-16H2,(H2,25,30). The topological polar surface area (TPSA) is 92.3 Å². The van der Waals surface area contributed by atoms with Crippen LogP contribution in [-0.2, 0) is 11.3 Å². The van der Waals surface area contributed by atoms with Gasteiger partial charge in [0.15, 0.2) is 0 Å². The molecule has 4 rings (SSSR count). The van der Waals surface area contributed by atoms with Crippen molar-refractivity contribution in [2.75, 3.05) is 13.1 Å². The van der Waals surface area contributed by atoms with E-state index >= 15 is 0 Å². The quantitative estimate of drug-likeness (QED) is 0.788. The second-order valence-electron chi connectivity index (χ2n) is 8.69. The largest absolute Gasteiger partial charge is 0.368 e. The Hall–Kier alpha value is -2.59. The lowest BCUT2D eigenvalue weighted by Crippen LogP contribution is -2.43. The maximum Gasteiger partial charge on any atom is 0.237 e. The summed E-state index contributed by atoms with van der Waals surface area (Å²) in [5.41, 5.74) is 7.93. The molecule has 0 spiro atoms. The summed E-state index contributed by atoms with van der Waals surface area (Å²) >= 11 is 0. The lowest BCUT2D eigenvalue weighted by molar-refractivity contribution is -0.118. The third kappa shape index (κ3) is 4.29. The number of piperidine rings is 1. The van der Waals surface area contributed by atoms with Crippen molar-refractivity contribution in [1.29, 1.82) is 5.26 Å². The van der Waals surface area contributed by atoms with Gasteiger partial charge < -0.3 is 15.2 Å². The van der Waals surface area contributed by atoms with Crippen molar-refractivity contribution in [1.82, 2.24) is 14.0 Å². The van der Waals surface area contributed by atoms with E-state index in [2.05, 4.69) is 14.5 Å². The lowest BCUT2D eigenvalue weighted by Gasteiger charge is -2.39. The van der Waals surface area contributed by atoms with E-state index < -0.39 is 5.91 Å². The number of nitrogens with two attached hydrogens (primary N) is 1. The number of likely N-dealkylation sites (tertiary alicyclic amines) is 1. The van der Waals surface area contributed by atoms with Crippen LogP contribution >= 0.6 is 0 Å². The van der Waals surface area contributed by atoms with Crippen LogP contribution in [0.5, 0.6) is 0 Å². The molecule has 1 aliphatic carbocycles. The zero-order chi connectivity index (χ0) is 20.9. The average Bonchev–Trinajstić information content (AvgIpc) is 3.01. The van der Waals surface area contributed by atoms with E-state index in [-0.39, 0.29) is 12.6 Å². The van der Waals surface area contributed by atoms with Gasteiger partial charge in [-0.1, -0.05) is 44.2 Å². The predicted molar refractivity (Wildman–Crippen MR) is 116 cm³/mol. The fourth-order valence-corrected chi connectivity index (χ4v) is 5.38. The van der Waals surface area contributed by atoms with Gasteiger partial charge in [0.1, 0.15) is 6.54 Å². The van der Waals surface area contributed by atoms with Gasteiger partial charge in [-0.15, -0.1) is 4.99 Å². The van der Waals surface area contributed by atoms with Crippen LogP contribution in [0.4, 0.5) is 0 Å². The number of carbonyl (C=O) groups is 1. The number of hydrogen-bond donors (Lipinski definition) is 1. The Balaban J connectivity index is 1.61. The number of hydrogen-bond acceptors (Lipinski definition) is 4. The van der Waals surface area contributed by atoms with Crippen LogP contribution in [0.2, 0.25) is 0 Å². The lowest BCUT2D eigenvalue weighted by atomic mass is 9.93. The van der Waals surface area contributed by atoms with Crippen LogP contribution in [-0.4, -0.2) is 39.1 Å². The smallest absolute Gasteiger partial charge is 0.237 e. The van der Waals surface area contributed by atoms with E-state index in [0.717, 1.165) is 43.0 Å². The number of aromatic nitrogens is 2. The Kier molecular flexibility index (Phi) is 6.53. The SMILES string of the molecule is N#CN=c1n(CC(N)=O)c2ccccc2n1C1CCN(C2CCCCCCC2)CC1. The second kappa shape index (κ2) is 9.48. The molecule has 1 saturated heterocycles. The van der Waals surface area contributed by atoms with Gasteiger partial charge in [0.25, 0.3) is 0 Å². The molecule has 2 fully saturated rings. The second-order valence-corrected chi connectivity index (χ2v) is 8.69. The first-order valence-electron chi connectivity index (χ1n) is 11.3. The number of carbonyl (C=O) groups excluding carboxylic acids is 1. The van der Waals surface area contributed by atoms with Gasteiger partial charge in [-0.25, -0.2) is 0 Å². The summed E-state index contributed by atoms with van der Waals surface area (Å²) in [6, 6.07) is 8.93. The highest BCUT2D eigenvalue weighted by Gasteiger charge is 2.28. The summed E-state index contributed by atoms with van der Waals surface area (Å²) in [4.78, 5) is 18.5. The summed E-state index contributed by atoms with van der Waals surface area (Å²) < 4.78 is 3.94. The van der Waals surface area contributed by atoms with Crippen molar-refractivity contribution < 1.29 is 4.79 Å². The molecule has 2 heterocycles. The van der Waals surface area contributed by atoms with E-state index in [1.807, 2.05) is 30.5 Å². The average molecular weight is 409 g/mol. The number of amides is 1.